The average molecular weight is 551 g/mol. The summed E-state index contributed by atoms with van der Waals surface area (Å²) in [6, 6.07) is 59.0. The Labute approximate surface area is 251 Å². The molecule has 204 valence electrons. The summed E-state index contributed by atoms with van der Waals surface area (Å²) in [5.74, 6) is 0. The Kier molecular flexibility index (Phi) is 6.05. The SMILES string of the molecule is Cn1c2ccccc2c2ccc(-c3ccc(-c4ccc(N(c5ccccc5)c5ccc6ccccc6c5)cc4)cc3)cc21. The van der Waals surface area contributed by atoms with Crippen molar-refractivity contribution >= 4 is 49.6 Å². The number of aryl methyl sites for hydroxylation is 1. The zero-order valence-electron chi connectivity index (χ0n) is 24.0. The number of nitrogens with zero attached hydrogens (tertiary/aromatic N) is 2. The van der Waals surface area contributed by atoms with Gasteiger partial charge in [-0.2, -0.15) is 0 Å². The Morgan fingerprint density at radius 3 is 1.67 bits per heavy atom. The first kappa shape index (κ1) is 25.1. The summed E-state index contributed by atoms with van der Waals surface area (Å²) in [5, 5.41) is 5.08. The minimum Gasteiger partial charge on any atom is -0.344 e. The van der Waals surface area contributed by atoms with Crippen molar-refractivity contribution in [3.8, 4) is 22.3 Å². The molecule has 7 aromatic carbocycles. The summed E-state index contributed by atoms with van der Waals surface area (Å²) in [6.45, 7) is 0. The van der Waals surface area contributed by atoms with Crippen LogP contribution >= 0.6 is 0 Å². The zero-order chi connectivity index (χ0) is 28.8. The van der Waals surface area contributed by atoms with Crippen LogP contribution in [0.25, 0.3) is 54.8 Å². The predicted molar refractivity (Wildman–Crippen MR) is 183 cm³/mol. The molecule has 0 aliphatic heterocycles. The second-order valence-electron chi connectivity index (χ2n) is 11.1. The second kappa shape index (κ2) is 10.3. The van der Waals surface area contributed by atoms with E-state index in [4.69, 9.17) is 0 Å². The molecule has 8 rings (SSSR count). The van der Waals surface area contributed by atoms with E-state index in [1.54, 1.807) is 0 Å². The topological polar surface area (TPSA) is 8.17 Å². The van der Waals surface area contributed by atoms with Crippen LogP contribution in [0.3, 0.4) is 0 Å². The Morgan fingerprint density at radius 1 is 0.372 bits per heavy atom. The van der Waals surface area contributed by atoms with E-state index < -0.39 is 0 Å². The van der Waals surface area contributed by atoms with Gasteiger partial charge in [-0.15, -0.1) is 0 Å². The van der Waals surface area contributed by atoms with Gasteiger partial charge in [0.05, 0.1) is 0 Å². The van der Waals surface area contributed by atoms with E-state index in [0.717, 1.165) is 17.1 Å². The zero-order valence-corrected chi connectivity index (χ0v) is 24.0. The molecule has 0 N–H and O–H groups in total. The minimum atomic E-state index is 1.13. The van der Waals surface area contributed by atoms with Gasteiger partial charge in [-0.05, 0) is 81.6 Å². The van der Waals surface area contributed by atoms with Gasteiger partial charge in [0.15, 0.2) is 0 Å². The molecule has 0 amide bonds. The highest BCUT2D eigenvalue weighted by molar-refractivity contribution is 6.09. The molecule has 0 radical (unpaired) electrons. The molecule has 2 nitrogen and oxygen atoms in total. The van der Waals surface area contributed by atoms with Crippen molar-refractivity contribution in [3.63, 3.8) is 0 Å². The molecule has 8 aromatic rings. The van der Waals surface area contributed by atoms with Crippen LogP contribution in [0, 0.1) is 0 Å². The number of aromatic nitrogens is 1. The van der Waals surface area contributed by atoms with E-state index in [1.165, 1.54) is 54.8 Å². The molecule has 2 heteroatoms. The Bertz CT molecular complexity index is 2220. The predicted octanol–water partition coefficient (Wildman–Crippen LogP) is 11.3. The minimum absolute atomic E-state index is 1.13. The van der Waals surface area contributed by atoms with Crippen LogP contribution in [0.5, 0.6) is 0 Å². The lowest BCUT2D eigenvalue weighted by molar-refractivity contribution is 1.01. The second-order valence-corrected chi connectivity index (χ2v) is 11.1. The molecule has 0 saturated heterocycles. The highest BCUT2D eigenvalue weighted by Crippen LogP contribution is 2.37. The molecule has 0 saturated carbocycles. The number of anilines is 3. The fraction of sp³-hybridized carbons (Fsp3) is 0.0244. The quantitative estimate of drug-likeness (QED) is 0.207. The Balaban J connectivity index is 1.11. The first-order valence-electron chi connectivity index (χ1n) is 14.7. The van der Waals surface area contributed by atoms with Crippen molar-refractivity contribution in [2.75, 3.05) is 4.90 Å². The first-order valence-corrected chi connectivity index (χ1v) is 14.7. The molecule has 1 aromatic heterocycles. The van der Waals surface area contributed by atoms with Crippen LogP contribution in [0.4, 0.5) is 17.1 Å². The maximum atomic E-state index is 2.32. The third kappa shape index (κ3) is 4.45. The monoisotopic (exact) mass is 550 g/mol. The van der Waals surface area contributed by atoms with Gasteiger partial charge in [0.1, 0.15) is 0 Å². The third-order valence-electron chi connectivity index (χ3n) is 8.60. The lowest BCUT2D eigenvalue weighted by Gasteiger charge is -2.26. The van der Waals surface area contributed by atoms with E-state index in [1.807, 2.05) is 0 Å². The number of benzene rings is 7. The highest BCUT2D eigenvalue weighted by atomic mass is 15.1. The average Bonchev–Trinajstić information content (AvgIpc) is 3.37. The van der Waals surface area contributed by atoms with Crippen LogP contribution in [0.15, 0.2) is 164 Å². The van der Waals surface area contributed by atoms with Crippen LogP contribution in [0.1, 0.15) is 0 Å². The number of para-hydroxylation sites is 2. The smallest absolute Gasteiger partial charge is 0.0494 e. The maximum Gasteiger partial charge on any atom is 0.0494 e. The van der Waals surface area contributed by atoms with Gasteiger partial charge in [0.2, 0.25) is 0 Å². The number of fused-ring (bicyclic) bond motifs is 4. The van der Waals surface area contributed by atoms with Crippen molar-refractivity contribution in [1.29, 1.82) is 0 Å². The van der Waals surface area contributed by atoms with Crippen LogP contribution < -0.4 is 4.90 Å². The van der Waals surface area contributed by atoms with Crippen LogP contribution in [0.2, 0.25) is 0 Å². The van der Waals surface area contributed by atoms with Gasteiger partial charge >= 0.3 is 0 Å². The molecular formula is C41H30N2. The summed E-state index contributed by atoms with van der Waals surface area (Å²) >= 11 is 0. The Morgan fingerprint density at radius 2 is 0.907 bits per heavy atom. The largest absolute Gasteiger partial charge is 0.344 e. The summed E-state index contributed by atoms with van der Waals surface area (Å²) < 4.78 is 2.29. The van der Waals surface area contributed by atoms with Crippen LogP contribution in [-0.2, 0) is 7.05 Å². The number of hydrogen-bond donors (Lipinski definition) is 0. The summed E-state index contributed by atoms with van der Waals surface area (Å²) in [7, 11) is 2.15. The Hall–Kier alpha value is -5.60. The number of hydrogen-bond acceptors (Lipinski definition) is 1. The van der Waals surface area contributed by atoms with Gasteiger partial charge in [-0.25, -0.2) is 0 Å². The van der Waals surface area contributed by atoms with Gasteiger partial charge in [0, 0.05) is 45.9 Å². The third-order valence-corrected chi connectivity index (χ3v) is 8.60. The fourth-order valence-electron chi connectivity index (χ4n) is 6.34. The highest BCUT2D eigenvalue weighted by Gasteiger charge is 2.14. The van der Waals surface area contributed by atoms with Crippen molar-refractivity contribution in [2.24, 2.45) is 7.05 Å². The van der Waals surface area contributed by atoms with Crippen molar-refractivity contribution < 1.29 is 0 Å². The van der Waals surface area contributed by atoms with Crippen molar-refractivity contribution in [2.45, 2.75) is 0 Å². The molecule has 1 heterocycles. The molecule has 0 aliphatic carbocycles. The maximum absolute atomic E-state index is 2.32. The van der Waals surface area contributed by atoms with E-state index in [0.29, 0.717) is 0 Å². The molecule has 0 aliphatic rings. The lowest BCUT2D eigenvalue weighted by atomic mass is 9.99. The summed E-state index contributed by atoms with van der Waals surface area (Å²) in [5.41, 5.74) is 10.8. The van der Waals surface area contributed by atoms with Crippen LogP contribution in [-0.4, -0.2) is 4.57 Å². The van der Waals surface area contributed by atoms with E-state index in [-0.39, 0.29) is 0 Å². The van der Waals surface area contributed by atoms with Gasteiger partial charge in [0.25, 0.3) is 0 Å². The van der Waals surface area contributed by atoms with Crippen molar-refractivity contribution in [1.82, 2.24) is 4.57 Å². The molecule has 0 unspecified atom stereocenters. The molecule has 0 fully saturated rings. The molecule has 0 atom stereocenters. The van der Waals surface area contributed by atoms with Crippen molar-refractivity contribution in [3.05, 3.63) is 164 Å². The molecular weight excluding hydrogens is 520 g/mol. The van der Waals surface area contributed by atoms with Gasteiger partial charge in [-0.1, -0.05) is 115 Å². The van der Waals surface area contributed by atoms with E-state index >= 15 is 0 Å². The lowest BCUT2D eigenvalue weighted by Crippen LogP contribution is -2.09. The summed E-state index contributed by atoms with van der Waals surface area (Å²) in [6.07, 6.45) is 0. The summed E-state index contributed by atoms with van der Waals surface area (Å²) in [4.78, 5) is 2.32. The van der Waals surface area contributed by atoms with E-state index in [9.17, 15) is 0 Å². The molecule has 0 bridgehead atoms. The first-order chi connectivity index (χ1) is 21.2. The van der Waals surface area contributed by atoms with E-state index in [2.05, 4.69) is 180 Å². The molecule has 43 heavy (non-hydrogen) atoms. The molecule has 0 spiro atoms. The van der Waals surface area contributed by atoms with Gasteiger partial charge in [-0.3, -0.25) is 0 Å². The van der Waals surface area contributed by atoms with Gasteiger partial charge < -0.3 is 9.47 Å². The standard InChI is InChI=1S/C41H30N2/c1-42-40-14-8-7-13-38(40)39-26-22-34(28-41(39)42)32-17-15-30(16-18-32)31-19-23-36(24-20-31)43(35-11-3-2-4-12-35)37-25-21-29-9-5-6-10-33(29)27-37/h2-28H,1H3. The normalized spacial score (nSPS) is 11.4. The fourth-order valence-corrected chi connectivity index (χ4v) is 6.34. The number of rotatable bonds is 5.